The highest BCUT2D eigenvalue weighted by molar-refractivity contribution is 9.10. The molecule has 0 aromatic heterocycles. The molecule has 0 bridgehead atoms. The minimum atomic E-state index is -0.887. The Balaban J connectivity index is 2.03. The molecule has 1 aromatic rings. The van der Waals surface area contributed by atoms with Crippen molar-refractivity contribution in [3.8, 4) is 0 Å². The van der Waals surface area contributed by atoms with Crippen LogP contribution in [0, 0.1) is 11.8 Å². The van der Waals surface area contributed by atoms with Gasteiger partial charge in [0.15, 0.2) is 0 Å². The van der Waals surface area contributed by atoms with Crippen molar-refractivity contribution in [1.29, 1.82) is 0 Å². The topological polar surface area (TPSA) is 66.4 Å². The number of aliphatic carboxylic acids is 1. The van der Waals surface area contributed by atoms with Crippen molar-refractivity contribution in [2.45, 2.75) is 25.8 Å². The third kappa shape index (κ3) is 3.15. The first kappa shape index (κ1) is 14.1. The van der Waals surface area contributed by atoms with E-state index in [0.717, 1.165) is 10.0 Å². The van der Waals surface area contributed by atoms with Crippen LogP contribution in [0.2, 0.25) is 0 Å². The fourth-order valence-electron chi connectivity index (χ4n) is 2.10. The lowest BCUT2D eigenvalue weighted by Crippen LogP contribution is -2.42. The van der Waals surface area contributed by atoms with Crippen molar-refractivity contribution in [1.82, 2.24) is 5.32 Å². The molecule has 0 spiro atoms. The molecule has 0 radical (unpaired) electrons. The van der Waals surface area contributed by atoms with Crippen LogP contribution in [0.25, 0.3) is 0 Å². The first-order valence-electron chi connectivity index (χ1n) is 6.12. The Labute approximate surface area is 120 Å². The van der Waals surface area contributed by atoms with Gasteiger partial charge in [-0.25, -0.2) is 0 Å². The number of amides is 1. The van der Waals surface area contributed by atoms with Crippen molar-refractivity contribution in [2.24, 2.45) is 11.8 Å². The van der Waals surface area contributed by atoms with Crippen molar-refractivity contribution >= 4 is 27.8 Å². The molecule has 2 atom stereocenters. The smallest absolute Gasteiger partial charge is 0.307 e. The van der Waals surface area contributed by atoms with Gasteiger partial charge >= 0.3 is 5.97 Å². The van der Waals surface area contributed by atoms with Crippen LogP contribution in [0.5, 0.6) is 0 Å². The first-order valence-corrected chi connectivity index (χ1v) is 6.91. The summed E-state index contributed by atoms with van der Waals surface area (Å²) in [6.45, 7) is 3.82. The number of benzene rings is 1. The molecule has 5 heteroatoms. The number of nitrogens with one attached hydrogen (secondary N) is 1. The summed E-state index contributed by atoms with van der Waals surface area (Å²) in [6.07, 6.45) is 0.442. The molecule has 2 rings (SSSR count). The molecule has 2 N–H and O–H groups in total. The second kappa shape index (κ2) is 4.96. The van der Waals surface area contributed by atoms with Gasteiger partial charge in [-0.2, -0.15) is 0 Å². The summed E-state index contributed by atoms with van der Waals surface area (Å²) in [6, 6.07) is 7.71. The Bertz CT molecular complexity index is 510. The van der Waals surface area contributed by atoms with E-state index in [2.05, 4.69) is 21.2 Å². The SMILES string of the molecule is CC(C)(NC(=O)[C@@H]1C[C@@H]1C(=O)O)c1ccc(Br)cc1. The van der Waals surface area contributed by atoms with Gasteiger partial charge in [0.25, 0.3) is 0 Å². The molecule has 102 valence electrons. The van der Waals surface area contributed by atoms with E-state index < -0.39 is 17.4 Å². The molecule has 4 nitrogen and oxygen atoms in total. The van der Waals surface area contributed by atoms with Crippen molar-refractivity contribution in [3.05, 3.63) is 34.3 Å². The first-order chi connectivity index (χ1) is 8.81. The average Bonchev–Trinajstić information content (AvgIpc) is 3.08. The van der Waals surface area contributed by atoms with Gasteiger partial charge in [-0.05, 0) is 38.0 Å². The summed E-state index contributed by atoms with van der Waals surface area (Å²) >= 11 is 3.37. The largest absolute Gasteiger partial charge is 0.481 e. The second-order valence-corrected chi connectivity index (χ2v) is 6.32. The van der Waals surface area contributed by atoms with E-state index in [1.807, 2.05) is 38.1 Å². The van der Waals surface area contributed by atoms with Crippen molar-refractivity contribution in [3.63, 3.8) is 0 Å². The highest BCUT2D eigenvalue weighted by Gasteiger charge is 2.49. The predicted octanol–water partition coefficient (Wildman–Crippen LogP) is 2.52. The van der Waals surface area contributed by atoms with E-state index in [0.29, 0.717) is 6.42 Å². The summed E-state index contributed by atoms with van der Waals surface area (Å²) in [4.78, 5) is 22.8. The summed E-state index contributed by atoms with van der Waals surface area (Å²) < 4.78 is 0.978. The maximum absolute atomic E-state index is 12.0. The Morgan fingerprint density at radius 2 is 1.84 bits per heavy atom. The molecule has 0 aliphatic heterocycles. The van der Waals surface area contributed by atoms with Gasteiger partial charge in [0.05, 0.1) is 17.4 Å². The van der Waals surface area contributed by atoms with Gasteiger partial charge in [0, 0.05) is 4.47 Å². The third-order valence-corrected chi connectivity index (χ3v) is 3.97. The summed E-state index contributed by atoms with van der Waals surface area (Å²) in [5, 5.41) is 11.8. The van der Waals surface area contributed by atoms with E-state index >= 15 is 0 Å². The number of hydrogen-bond acceptors (Lipinski definition) is 2. The summed E-state index contributed by atoms with van der Waals surface area (Å²) in [5.74, 6) is -1.96. The highest BCUT2D eigenvalue weighted by atomic mass is 79.9. The molecule has 0 unspecified atom stereocenters. The van der Waals surface area contributed by atoms with Gasteiger partial charge in [-0.1, -0.05) is 28.1 Å². The monoisotopic (exact) mass is 325 g/mol. The van der Waals surface area contributed by atoms with Gasteiger partial charge in [-0.15, -0.1) is 0 Å². The second-order valence-electron chi connectivity index (χ2n) is 5.41. The van der Waals surface area contributed by atoms with Gasteiger partial charge in [0.1, 0.15) is 0 Å². The molecule has 1 saturated carbocycles. The zero-order chi connectivity index (χ0) is 14.2. The summed E-state index contributed by atoms with van der Waals surface area (Å²) in [5.41, 5.74) is 0.472. The van der Waals surface area contributed by atoms with E-state index in [4.69, 9.17) is 5.11 Å². The number of carboxylic acids is 1. The minimum absolute atomic E-state index is 0.180. The number of carboxylic acid groups (broad SMARTS) is 1. The normalized spacial score (nSPS) is 21.8. The molecule has 1 aliphatic rings. The van der Waals surface area contributed by atoms with Crippen LogP contribution in [-0.2, 0) is 15.1 Å². The molecule has 1 aromatic carbocycles. The van der Waals surface area contributed by atoms with Crippen LogP contribution < -0.4 is 5.32 Å². The molecule has 1 fully saturated rings. The van der Waals surface area contributed by atoms with Crippen LogP contribution in [0.15, 0.2) is 28.7 Å². The van der Waals surface area contributed by atoms with E-state index in [-0.39, 0.29) is 11.8 Å². The number of carbonyl (C=O) groups is 2. The maximum Gasteiger partial charge on any atom is 0.307 e. The van der Waals surface area contributed by atoms with Crippen LogP contribution in [-0.4, -0.2) is 17.0 Å². The number of halogens is 1. The molecular weight excluding hydrogens is 310 g/mol. The lowest BCUT2D eigenvalue weighted by atomic mass is 9.94. The molecule has 1 amide bonds. The molecule has 19 heavy (non-hydrogen) atoms. The lowest BCUT2D eigenvalue weighted by Gasteiger charge is -2.27. The van der Waals surface area contributed by atoms with E-state index in [1.54, 1.807) is 0 Å². The fraction of sp³-hybridized carbons (Fsp3) is 0.429. The quantitative estimate of drug-likeness (QED) is 0.893. The Morgan fingerprint density at radius 3 is 2.32 bits per heavy atom. The van der Waals surface area contributed by atoms with Crippen LogP contribution >= 0.6 is 15.9 Å². The van der Waals surface area contributed by atoms with Gasteiger partial charge in [0.2, 0.25) is 5.91 Å². The zero-order valence-corrected chi connectivity index (χ0v) is 12.4. The number of rotatable bonds is 4. The Morgan fingerprint density at radius 1 is 1.26 bits per heavy atom. The predicted molar refractivity (Wildman–Crippen MR) is 74.5 cm³/mol. The third-order valence-electron chi connectivity index (χ3n) is 3.45. The van der Waals surface area contributed by atoms with Gasteiger partial charge < -0.3 is 10.4 Å². The van der Waals surface area contributed by atoms with Crippen LogP contribution in [0.3, 0.4) is 0 Å². The maximum atomic E-state index is 12.0. The minimum Gasteiger partial charge on any atom is -0.481 e. The van der Waals surface area contributed by atoms with Gasteiger partial charge in [-0.3, -0.25) is 9.59 Å². The molecule has 0 saturated heterocycles. The Kier molecular flexibility index (Phi) is 3.67. The molecule has 0 heterocycles. The van der Waals surface area contributed by atoms with Crippen molar-refractivity contribution in [2.75, 3.05) is 0 Å². The number of hydrogen-bond donors (Lipinski definition) is 2. The zero-order valence-electron chi connectivity index (χ0n) is 10.8. The Hall–Kier alpha value is -1.36. The molecular formula is C14H16BrNO3. The van der Waals surface area contributed by atoms with E-state index in [9.17, 15) is 9.59 Å². The van der Waals surface area contributed by atoms with E-state index in [1.165, 1.54) is 0 Å². The lowest BCUT2D eigenvalue weighted by molar-refractivity contribution is -0.140. The fourth-order valence-corrected chi connectivity index (χ4v) is 2.36. The average molecular weight is 326 g/mol. The highest BCUT2D eigenvalue weighted by Crippen LogP contribution is 2.39. The molecule has 1 aliphatic carbocycles. The van der Waals surface area contributed by atoms with Crippen molar-refractivity contribution < 1.29 is 14.7 Å². The number of carbonyl (C=O) groups excluding carboxylic acids is 1. The standard InChI is InChI=1S/C14H16BrNO3/c1-14(2,8-3-5-9(15)6-4-8)16-12(17)10-7-11(10)13(18)19/h3-6,10-11H,7H2,1-2H3,(H,16,17)(H,18,19)/t10-,11+/m1/s1. The van der Waals surface area contributed by atoms with Crippen LogP contribution in [0.1, 0.15) is 25.8 Å². The summed E-state index contributed by atoms with van der Waals surface area (Å²) in [7, 11) is 0. The van der Waals surface area contributed by atoms with Crippen LogP contribution in [0.4, 0.5) is 0 Å².